The summed E-state index contributed by atoms with van der Waals surface area (Å²) in [7, 11) is 0. The van der Waals surface area contributed by atoms with Crippen molar-refractivity contribution in [3.8, 4) is 28.7 Å². The van der Waals surface area contributed by atoms with Crippen molar-refractivity contribution >= 4 is 35.0 Å². The summed E-state index contributed by atoms with van der Waals surface area (Å²) in [6.07, 6.45) is 5.04. The second kappa shape index (κ2) is 18.3. The third-order valence-electron chi connectivity index (χ3n) is 9.28. The van der Waals surface area contributed by atoms with Gasteiger partial charge in [-0.15, -0.1) is 0 Å². The number of aliphatic hydroxyl groups excluding tert-OH is 1. The first-order valence-corrected chi connectivity index (χ1v) is 18.3. The van der Waals surface area contributed by atoms with E-state index in [2.05, 4.69) is 37.0 Å². The number of hydrogen-bond donors (Lipinski definition) is 5. The lowest BCUT2D eigenvalue weighted by Gasteiger charge is -2.24. The quantitative estimate of drug-likeness (QED) is 0.0788. The predicted molar refractivity (Wildman–Crippen MR) is 212 cm³/mol. The van der Waals surface area contributed by atoms with Crippen molar-refractivity contribution in [3.05, 3.63) is 135 Å². The summed E-state index contributed by atoms with van der Waals surface area (Å²) in [6, 6.07) is 21.4. The Bertz CT molecular complexity index is 2310. The zero-order valence-corrected chi connectivity index (χ0v) is 31.6. The first-order valence-electron chi connectivity index (χ1n) is 17.9. The molecule has 0 radical (unpaired) electrons. The van der Waals surface area contributed by atoms with Gasteiger partial charge in [-0.05, 0) is 77.9 Å². The number of anilines is 1. The molecule has 1 aliphatic heterocycles. The molecular weight excluding hydrogens is 734 g/mol. The lowest BCUT2D eigenvalue weighted by atomic mass is 9.93. The number of aliphatic hydroxyl groups is 1. The van der Waals surface area contributed by atoms with E-state index in [1.54, 1.807) is 36.7 Å². The number of pyridine rings is 2. The van der Waals surface area contributed by atoms with Gasteiger partial charge in [0.1, 0.15) is 48.4 Å². The highest BCUT2D eigenvalue weighted by molar-refractivity contribution is 6.32. The minimum absolute atomic E-state index is 0.0427. The van der Waals surface area contributed by atoms with E-state index in [1.165, 1.54) is 6.20 Å². The van der Waals surface area contributed by atoms with Crippen LogP contribution in [0.3, 0.4) is 0 Å². The van der Waals surface area contributed by atoms with E-state index in [9.17, 15) is 20.0 Å². The summed E-state index contributed by atoms with van der Waals surface area (Å²) in [4.78, 5) is 37.9. The fourth-order valence-corrected chi connectivity index (χ4v) is 6.40. The molecule has 6 rings (SSSR count). The molecule has 56 heavy (non-hydrogen) atoms. The number of aromatic nitrogens is 2. The lowest BCUT2D eigenvalue weighted by molar-refractivity contribution is -0.139. The van der Waals surface area contributed by atoms with Gasteiger partial charge in [-0.3, -0.25) is 19.8 Å². The third kappa shape index (κ3) is 9.48. The Balaban J connectivity index is 1.21. The van der Waals surface area contributed by atoms with Crippen LogP contribution in [0.1, 0.15) is 55.9 Å². The molecule has 1 unspecified atom stereocenters. The fraction of sp³-hybridized carbons (Fsp3) is 0.238. The molecule has 13 nitrogen and oxygen atoms in total. The maximum Gasteiger partial charge on any atom is 0.326 e. The number of carboxylic acid groups (broad SMARTS) is 1. The molecule has 2 aromatic heterocycles. The van der Waals surface area contributed by atoms with Crippen LogP contribution in [0.15, 0.2) is 90.3 Å². The molecule has 5 N–H and O–H groups in total. The first kappa shape index (κ1) is 39.4. The highest BCUT2D eigenvalue weighted by atomic mass is 35.5. The van der Waals surface area contributed by atoms with E-state index >= 15 is 0 Å². The zero-order chi connectivity index (χ0) is 39.6. The molecule has 0 saturated heterocycles. The first-order chi connectivity index (χ1) is 27.1. The van der Waals surface area contributed by atoms with Gasteiger partial charge in [-0.25, -0.2) is 4.79 Å². The fourth-order valence-electron chi connectivity index (χ4n) is 6.19. The van der Waals surface area contributed by atoms with Crippen LogP contribution in [0.2, 0.25) is 5.02 Å². The average molecular weight is 774 g/mol. The monoisotopic (exact) mass is 773 g/mol. The van der Waals surface area contributed by atoms with Crippen LogP contribution in [0.25, 0.3) is 11.1 Å². The number of aliphatic carboxylic acids is 1. The maximum absolute atomic E-state index is 13.2. The number of halogens is 1. The second-order valence-electron chi connectivity index (χ2n) is 13.1. The number of amidine groups is 1. The Morgan fingerprint density at radius 1 is 0.946 bits per heavy atom. The van der Waals surface area contributed by atoms with Crippen LogP contribution in [0.5, 0.6) is 11.5 Å². The summed E-state index contributed by atoms with van der Waals surface area (Å²) >= 11 is 6.79. The number of nitrogens with one attached hydrogen (secondary N) is 3. The number of benzene rings is 3. The molecule has 1 aliphatic rings. The molecule has 3 aromatic carbocycles. The summed E-state index contributed by atoms with van der Waals surface area (Å²) in [5.41, 5.74) is 8.03. The molecule has 0 aliphatic carbocycles. The van der Waals surface area contributed by atoms with Crippen LogP contribution in [0.4, 0.5) is 5.69 Å². The van der Waals surface area contributed by atoms with Crippen molar-refractivity contribution in [2.24, 2.45) is 4.99 Å². The minimum atomic E-state index is -0.988. The summed E-state index contributed by atoms with van der Waals surface area (Å²) in [5, 5.41) is 37.3. The van der Waals surface area contributed by atoms with Crippen molar-refractivity contribution in [1.82, 2.24) is 20.6 Å². The van der Waals surface area contributed by atoms with E-state index in [1.807, 2.05) is 56.3 Å². The van der Waals surface area contributed by atoms with E-state index in [0.717, 1.165) is 33.4 Å². The van der Waals surface area contributed by atoms with Gasteiger partial charge in [0, 0.05) is 55.5 Å². The van der Waals surface area contributed by atoms with Crippen LogP contribution in [-0.4, -0.2) is 63.6 Å². The standard InChI is InChI=1S/C42H40ClN7O6/c1-25-30(5-3-6-31(25)32-7-4-8-35(26(32)2)50-41(52)36-10-9-27(22-48-36)19-45-13-14-51)24-56-39-17-38(55-23-29-15-28(18-44)20-46-21-29)33(16-34(39)43)40-47-12-11-37(49-40)42(53)54/h3-10,15-17,20-22,37,45,51H,11-14,19,23-24H2,1-2H3,(H,47,49)(H,50,52)(H,53,54). The summed E-state index contributed by atoms with van der Waals surface area (Å²) in [5.74, 6) is -0.284. The number of aliphatic imine (C=N–C) groups is 1. The third-order valence-corrected chi connectivity index (χ3v) is 9.58. The van der Waals surface area contributed by atoms with Gasteiger partial charge in [0.05, 0.1) is 22.8 Å². The second-order valence-corrected chi connectivity index (χ2v) is 13.5. The molecule has 1 atom stereocenters. The molecule has 0 bridgehead atoms. The number of ether oxygens (including phenoxy) is 2. The van der Waals surface area contributed by atoms with Crippen LogP contribution < -0.4 is 25.4 Å². The molecule has 0 fully saturated rings. The Morgan fingerprint density at radius 2 is 1.73 bits per heavy atom. The van der Waals surface area contributed by atoms with Crippen LogP contribution in [0, 0.1) is 25.2 Å². The van der Waals surface area contributed by atoms with Crippen molar-refractivity contribution in [1.29, 1.82) is 5.26 Å². The Hall–Kier alpha value is -6.33. The van der Waals surface area contributed by atoms with E-state index in [-0.39, 0.29) is 36.4 Å². The minimum Gasteiger partial charge on any atom is -0.488 e. The smallest absolute Gasteiger partial charge is 0.326 e. The number of nitriles is 1. The molecule has 0 saturated carbocycles. The van der Waals surface area contributed by atoms with Gasteiger partial charge in [-0.1, -0.05) is 48.0 Å². The van der Waals surface area contributed by atoms with Crippen molar-refractivity contribution in [2.75, 3.05) is 25.0 Å². The highest BCUT2D eigenvalue weighted by Gasteiger charge is 2.26. The SMILES string of the molecule is Cc1c(COc2cc(OCc3cncc(C#N)c3)c(C3=NCCC(C(=O)O)N3)cc2Cl)cccc1-c1cccc(NC(=O)c2ccc(CNCCO)cn2)c1C. The Labute approximate surface area is 329 Å². The maximum atomic E-state index is 13.2. The Kier molecular flexibility index (Phi) is 12.9. The average Bonchev–Trinajstić information content (AvgIpc) is 3.21. The van der Waals surface area contributed by atoms with E-state index in [4.69, 9.17) is 26.2 Å². The van der Waals surface area contributed by atoms with E-state index < -0.39 is 12.0 Å². The molecule has 14 heteroatoms. The normalized spacial score (nSPS) is 13.6. The number of carbonyl (C=O) groups is 2. The number of rotatable bonds is 15. The van der Waals surface area contributed by atoms with Crippen molar-refractivity contribution < 1.29 is 29.3 Å². The van der Waals surface area contributed by atoms with E-state index in [0.29, 0.717) is 65.8 Å². The topological polar surface area (TPSA) is 191 Å². The number of carbonyl (C=O) groups excluding carboxylic acids is 1. The Morgan fingerprint density at radius 3 is 2.48 bits per heavy atom. The number of hydrogen-bond acceptors (Lipinski definition) is 11. The molecule has 0 spiro atoms. The predicted octanol–water partition coefficient (Wildman–Crippen LogP) is 5.97. The van der Waals surface area contributed by atoms with Crippen LogP contribution in [-0.2, 0) is 24.6 Å². The lowest BCUT2D eigenvalue weighted by Crippen LogP contribution is -2.44. The highest BCUT2D eigenvalue weighted by Crippen LogP contribution is 2.36. The van der Waals surface area contributed by atoms with Gasteiger partial charge in [0.15, 0.2) is 0 Å². The summed E-state index contributed by atoms with van der Waals surface area (Å²) in [6.45, 7) is 5.56. The molecule has 5 aromatic rings. The van der Waals surface area contributed by atoms with Gasteiger partial charge in [0.25, 0.3) is 5.91 Å². The van der Waals surface area contributed by atoms with Crippen molar-refractivity contribution in [3.63, 3.8) is 0 Å². The van der Waals surface area contributed by atoms with Gasteiger partial charge in [-0.2, -0.15) is 5.26 Å². The number of carboxylic acids is 1. The van der Waals surface area contributed by atoms with Crippen LogP contribution >= 0.6 is 11.6 Å². The summed E-state index contributed by atoms with van der Waals surface area (Å²) < 4.78 is 12.5. The number of nitrogens with zero attached hydrogens (tertiary/aromatic N) is 4. The molecule has 1 amide bonds. The molecule has 3 heterocycles. The molecular formula is C42H40ClN7O6. The van der Waals surface area contributed by atoms with Crippen molar-refractivity contribution in [2.45, 2.75) is 46.1 Å². The molecule has 286 valence electrons. The van der Waals surface area contributed by atoms with Gasteiger partial charge >= 0.3 is 5.97 Å². The zero-order valence-electron chi connectivity index (χ0n) is 30.8. The van der Waals surface area contributed by atoms with Gasteiger partial charge in [0.2, 0.25) is 0 Å². The van der Waals surface area contributed by atoms with Gasteiger partial charge < -0.3 is 35.6 Å². The number of amides is 1. The largest absolute Gasteiger partial charge is 0.488 e.